The number of nitrogens with one attached hydrogen (secondary N) is 1. The van der Waals surface area contributed by atoms with Gasteiger partial charge in [-0.2, -0.15) is 0 Å². The van der Waals surface area contributed by atoms with Crippen molar-refractivity contribution in [2.45, 2.75) is 51.4 Å². The lowest BCUT2D eigenvalue weighted by atomic mass is 9.81. The number of imide groups is 1. The normalized spacial score (nSPS) is 32.7. The number of phenolic OH excluding ortho intramolecular Hbond substituents is 1. The number of carbonyl (C=O) groups excluding carboxylic acids is 2. The summed E-state index contributed by atoms with van der Waals surface area (Å²) in [6.45, 7) is 2.52. The first-order chi connectivity index (χ1) is 14.1. The molecule has 2 bridgehead atoms. The minimum Gasteiger partial charge on any atom is -0.508 e. The van der Waals surface area contributed by atoms with Crippen LogP contribution in [0.1, 0.15) is 49.7 Å². The highest BCUT2D eigenvalue weighted by molar-refractivity contribution is 6.06. The Hall–Kier alpha value is -1.88. The summed E-state index contributed by atoms with van der Waals surface area (Å²) in [6, 6.07) is 5.74. The number of fused-ring (bicyclic) bond motifs is 6. The Balaban J connectivity index is 1.02. The van der Waals surface area contributed by atoms with Crippen molar-refractivity contribution in [2.24, 2.45) is 29.6 Å². The minimum atomic E-state index is 0.0213. The molecule has 5 atom stereocenters. The summed E-state index contributed by atoms with van der Waals surface area (Å²) < 4.78 is 0. The highest BCUT2D eigenvalue weighted by Crippen LogP contribution is 2.56. The molecule has 4 aliphatic rings. The van der Waals surface area contributed by atoms with Crippen LogP contribution >= 0.6 is 0 Å². The summed E-state index contributed by atoms with van der Waals surface area (Å²) in [6.07, 6.45) is 8.58. The van der Waals surface area contributed by atoms with Crippen molar-refractivity contribution in [3.8, 4) is 5.75 Å². The van der Waals surface area contributed by atoms with Crippen LogP contribution in [0.2, 0.25) is 0 Å². The third-order valence-electron chi connectivity index (χ3n) is 7.96. The molecule has 5 unspecified atom stereocenters. The smallest absolute Gasteiger partial charge is 0.233 e. The molecule has 2 N–H and O–H groups in total. The Labute approximate surface area is 172 Å². The van der Waals surface area contributed by atoms with Crippen LogP contribution in [0.3, 0.4) is 0 Å². The quantitative estimate of drug-likeness (QED) is 0.549. The first-order valence-electron chi connectivity index (χ1n) is 11.5. The van der Waals surface area contributed by atoms with Gasteiger partial charge < -0.3 is 10.4 Å². The molecule has 0 aromatic heterocycles. The molecule has 2 amide bonds. The topological polar surface area (TPSA) is 69.6 Å². The van der Waals surface area contributed by atoms with E-state index in [2.05, 4.69) is 11.4 Å². The maximum absolute atomic E-state index is 12.7. The van der Waals surface area contributed by atoms with E-state index in [1.807, 2.05) is 6.07 Å². The Morgan fingerprint density at radius 2 is 1.76 bits per heavy atom. The number of amides is 2. The second-order valence-electron chi connectivity index (χ2n) is 9.69. The summed E-state index contributed by atoms with van der Waals surface area (Å²) in [7, 11) is 0. The van der Waals surface area contributed by atoms with E-state index < -0.39 is 0 Å². The van der Waals surface area contributed by atoms with E-state index in [0.717, 1.165) is 58.0 Å². The van der Waals surface area contributed by atoms with Gasteiger partial charge in [-0.3, -0.25) is 14.5 Å². The third-order valence-corrected chi connectivity index (χ3v) is 7.96. The van der Waals surface area contributed by atoms with E-state index >= 15 is 0 Å². The fraction of sp³-hybridized carbons (Fsp3) is 0.667. The lowest BCUT2D eigenvalue weighted by Crippen LogP contribution is -2.34. The molecular weight excluding hydrogens is 364 g/mol. The molecule has 1 heterocycles. The van der Waals surface area contributed by atoms with Crippen LogP contribution in [0.5, 0.6) is 5.75 Å². The van der Waals surface area contributed by atoms with Crippen molar-refractivity contribution in [1.29, 1.82) is 0 Å². The maximum Gasteiger partial charge on any atom is 0.233 e. The fourth-order valence-corrected chi connectivity index (χ4v) is 6.51. The van der Waals surface area contributed by atoms with Crippen molar-refractivity contribution in [1.82, 2.24) is 10.2 Å². The molecule has 29 heavy (non-hydrogen) atoms. The van der Waals surface area contributed by atoms with Crippen LogP contribution in [0.4, 0.5) is 0 Å². The molecule has 5 nitrogen and oxygen atoms in total. The molecule has 1 aromatic rings. The summed E-state index contributed by atoms with van der Waals surface area (Å²) in [4.78, 5) is 27.0. The number of unbranched alkanes of at least 4 members (excludes halogenated alkanes) is 1. The van der Waals surface area contributed by atoms with Gasteiger partial charge in [-0.1, -0.05) is 6.07 Å². The molecule has 1 saturated heterocycles. The molecule has 1 aromatic carbocycles. The van der Waals surface area contributed by atoms with Gasteiger partial charge in [0, 0.05) is 6.54 Å². The van der Waals surface area contributed by atoms with Gasteiger partial charge >= 0.3 is 0 Å². The number of nitrogens with zero attached hydrogens (tertiary/aromatic N) is 1. The zero-order valence-corrected chi connectivity index (χ0v) is 17.1. The molecule has 2 saturated carbocycles. The van der Waals surface area contributed by atoms with Gasteiger partial charge in [0.1, 0.15) is 5.75 Å². The molecule has 3 aliphatic carbocycles. The predicted octanol–water partition coefficient (Wildman–Crippen LogP) is 2.90. The number of benzene rings is 1. The molecule has 3 fully saturated rings. The van der Waals surface area contributed by atoms with Crippen LogP contribution in [-0.2, 0) is 22.4 Å². The first kappa shape index (κ1) is 19.1. The second-order valence-corrected chi connectivity index (χ2v) is 9.69. The zero-order valence-electron chi connectivity index (χ0n) is 17.1. The lowest BCUT2D eigenvalue weighted by Gasteiger charge is -2.25. The van der Waals surface area contributed by atoms with E-state index in [4.69, 9.17) is 0 Å². The Morgan fingerprint density at radius 3 is 2.52 bits per heavy atom. The van der Waals surface area contributed by atoms with E-state index in [9.17, 15) is 14.7 Å². The van der Waals surface area contributed by atoms with Crippen LogP contribution in [-0.4, -0.2) is 41.5 Å². The molecule has 0 radical (unpaired) electrons. The Kier molecular flexibility index (Phi) is 5.10. The number of carbonyl (C=O) groups is 2. The summed E-state index contributed by atoms with van der Waals surface area (Å²) in [5.74, 6) is 2.24. The van der Waals surface area contributed by atoms with Gasteiger partial charge in [0.15, 0.2) is 0 Å². The number of rotatable bonds is 7. The number of hydrogen-bond donors (Lipinski definition) is 2. The SMILES string of the molecule is O=C1C2C3CCC(C3)C2C(=O)N1CCCCNCC1CCc2ccc(O)cc2C1. The predicted molar refractivity (Wildman–Crippen MR) is 110 cm³/mol. The fourth-order valence-electron chi connectivity index (χ4n) is 6.51. The highest BCUT2D eigenvalue weighted by atomic mass is 16.3. The number of phenols is 1. The third kappa shape index (κ3) is 3.48. The highest BCUT2D eigenvalue weighted by Gasteiger charge is 2.60. The standard InChI is InChI=1S/C24H32N2O3/c27-20-8-7-16-4-3-15(11-19(16)13-20)14-25-9-1-2-10-26-23(28)21-17-5-6-18(12-17)22(21)24(26)29/h7-8,13,15,17-18,21-22,25,27H,1-6,9-12,14H2. The van der Waals surface area contributed by atoms with Gasteiger partial charge in [-0.25, -0.2) is 0 Å². The maximum atomic E-state index is 12.7. The van der Waals surface area contributed by atoms with E-state index in [0.29, 0.717) is 30.0 Å². The molecular formula is C24H32N2O3. The zero-order chi connectivity index (χ0) is 20.0. The summed E-state index contributed by atoms with van der Waals surface area (Å²) >= 11 is 0. The Bertz CT molecular complexity index is 779. The lowest BCUT2D eigenvalue weighted by molar-refractivity contribution is -0.140. The van der Waals surface area contributed by atoms with Crippen molar-refractivity contribution < 1.29 is 14.7 Å². The van der Waals surface area contributed by atoms with Crippen molar-refractivity contribution in [2.75, 3.05) is 19.6 Å². The van der Waals surface area contributed by atoms with Crippen LogP contribution in [0.25, 0.3) is 0 Å². The van der Waals surface area contributed by atoms with Crippen LogP contribution < -0.4 is 5.32 Å². The Morgan fingerprint density at radius 1 is 1.00 bits per heavy atom. The largest absolute Gasteiger partial charge is 0.508 e. The first-order valence-corrected chi connectivity index (χ1v) is 11.5. The van der Waals surface area contributed by atoms with Crippen LogP contribution in [0, 0.1) is 29.6 Å². The van der Waals surface area contributed by atoms with Crippen molar-refractivity contribution in [3.63, 3.8) is 0 Å². The summed E-state index contributed by atoms with van der Waals surface area (Å²) in [5.41, 5.74) is 2.66. The minimum absolute atomic E-state index is 0.0213. The van der Waals surface area contributed by atoms with E-state index in [1.54, 1.807) is 11.0 Å². The van der Waals surface area contributed by atoms with Crippen LogP contribution in [0.15, 0.2) is 18.2 Å². The number of aromatic hydroxyl groups is 1. The number of hydrogen-bond acceptors (Lipinski definition) is 4. The number of aryl methyl sites for hydroxylation is 1. The van der Waals surface area contributed by atoms with Gasteiger partial charge in [-0.05, 0) is 105 Å². The van der Waals surface area contributed by atoms with E-state index in [1.165, 1.54) is 17.5 Å². The molecule has 0 spiro atoms. The van der Waals surface area contributed by atoms with Crippen molar-refractivity contribution >= 4 is 11.8 Å². The molecule has 5 rings (SSSR count). The van der Waals surface area contributed by atoms with Gasteiger partial charge in [0.25, 0.3) is 0 Å². The monoisotopic (exact) mass is 396 g/mol. The van der Waals surface area contributed by atoms with Gasteiger partial charge in [0.2, 0.25) is 11.8 Å². The number of likely N-dealkylation sites (tertiary alicyclic amines) is 1. The second kappa shape index (κ2) is 7.75. The van der Waals surface area contributed by atoms with Gasteiger partial charge in [0.05, 0.1) is 11.8 Å². The molecule has 1 aliphatic heterocycles. The van der Waals surface area contributed by atoms with Crippen molar-refractivity contribution in [3.05, 3.63) is 29.3 Å². The average Bonchev–Trinajstić information content (AvgIpc) is 3.39. The summed E-state index contributed by atoms with van der Waals surface area (Å²) in [5, 5.41) is 13.3. The average molecular weight is 397 g/mol. The van der Waals surface area contributed by atoms with Gasteiger partial charge in [-0.15, -0.1) is 0 Å². The van der Waals surface area contributed by atoms with E-state index in [-0.39, 0.29) is 23.7 Å². The molecule has 156 valence electrons. The molecule has 5 heteroatoms.